The van der Waals surface area contributed by atoms with E-state index in [9.17, 15) is 4.79 Å². The Morgan fingerprint density at radius 3 is 2.79 bits per heavy atom. The first kappa shape index (κ1) is 16.2. The van der Waals surface area contributed by atoms with Gasteiger partial charge in [0.05, 0.1) is 5.01 Å². The smallest absolute Gasteiger partial charge is 0.270 e. The number of carbonyl (C=O) groups excluding carboxylic acids is 1. The van der Waals surface area contributed by atoms with E-state index in [-0.39, 0.29) is 22.9 Å². The summed E-state index contributed by atoms with van der Waals surface area (Å²) in [6, 6.07) is 0. The second-order valence-electron chi connectivity index (χ2n) is 3.69. The van der Waals surface area contributed by atoms with Gasteiger partial charge in [-0.3, -0.25) is 4.79 Å². The highest BCUT2D eigenvalue weighted by molar-refractivity contribution is 8.93. The monoisotopic (exact) mass is 362 g/mol. The Hall–Kier alpha value is -0.830. The predicted molar refractivity (Wildman–Crippen MR) is 84.3 cm³/mol. The van der Waals surface area contributed by atoms with Gasteiger partial charge in [0.25, 0.3) is 5.91 Å². The van der Waals surface area contributed by atoms with Crippen LogP contribution in [0.2, 0.25) is 0 Å². The summed E-state index contributed by atoms with van der Waals surface area (Å²) in [6.07, 6.45) is 0.772. The van der Waals surface area contributed by atoms with Gasteiger partial charge in [0.15, 0.2) is 0 Å². The summed E-state index contributed by atoms with van der Waals surface area (Å²) < 4.78 is 0. The topological polar surface area (TPSA) is 80.9 Å². The van der Waals surface area contributed by atoms with Crippen LogP contribution in [-0.2, 0) is 0 Å². The third kappa shape index (κ3) is 4.34. The van der Waals surface area contributed by atoms with Crippen LogP contribution in [0.4, 0.5) is 0 Å². The van der Waals surface area contributed by atoms with Crippen LogP contribution in [0.25, 0.3) is 10.7 Å². The van der Waals surface area contributed by atoms with Crippen molar-refractivity contribution in [3.63, 3.8) is 0 Å². The van der Waals surface area contributed by atoms with E-state index in [1.54, 1.807) is 16.7 Å². The molecule has 0 aliphatic heterocycles. The second kappa shape index (κ2) is 7.68. The normalized spacial score (nSPS) is 10.0. The molecule has 0 atom stereocenters. The SMILES string of the molecule is Br.Cc1nc(-c2nc(C(=O)NCCCN)cs2)cs1. The lowest BCUT2D eigenvalue weighted by Crippen LogP contribution is -2.26. The van der Waals surface area contributed by atoms with Crippen LogP contribution in [0.15, 0.2) is 10.8 Å². The molecule has 1 amide bonds. The second-order valence-corrected chi connectivity index (χ2v) is 5.61. The van der Waals surface area contributed by atoms with E-state index in [1.807, 2.05) is 12.3 Å². The number of thiazole rings is 2. The van der Waals surface area contributed by atoms with Gasteiger partial charge in [0, 0.05) is 17.3 Å². The number of nitrogens with one attached hydrogen (secondary N) is 1. The first-order chi connectivity index (χ1) is 8.70. The molecule has 0 bridgehead atoms. The van der Waals surface area contributed by atoms with Crippen molar-refractivity contribution < 1.29 is 4.79 Å². The number of carbonyl (C=O) groups is 1. The van der Waals surface area contributed by atoms with Gasteiger partial charge in [-0.2, -0.15) is 0 Å². The van der Waals surface area contributed by atoms with Gasteiger partial charge >= 0.3 is 0 Å². The first-order valence-corrected chi connectivity index (χ1v) is 7.33. The van der Waals surface area contributed by atoms with Crippen LogP contribution in [0.3, 0.4) is 0 Å². The molecule has 2 aromatic rings. The highest BCUT2D eigenvalue weighted by Crippen LogP contribution is 2.24. The maximum Gasteiger partial charge on any atom is 0.270 e. The Morgan fingerprint density at radius 2 is 2.16 bits per heavy atom. The van der Waals surface area contributed by atoms with Crippen molar-refractivity contribution in [2.75, 3.05) is 13.1 Å². The zero-order valence-corrected chi connectivity index (χ0v) is 13.7. The zero-order valence-electron chi connectivity index (χ0n) is 10.4. The number of aromatic nitrogens is 2. The van der Waals surface area contributed by atoms with Gasteiger partial charge in [0.1, 0.15) is 16.4 Å². The molecule has 0 radical (unpaired) electrons. The van der Waals surface area contributed by atoms with Crippen LogP contribution < -0.4 is 11.1 Å². The number of rotatable bonds is 5. The molecule has 0 aromatic carbocycles. The average Bonchev–Trinajstić information content (AvgIpc) is 2.97. The molecular weight excluding hydrogens is 348 g/mol. The number of amides is 1. The van der Waals surface area contributed by atoms with Crippen molar-refractivity contribution >= 4 is 45.6 Å². The lowest BCUT2D eigenvalue weighted by atomic mass is 10.4. The fourth-order valence-corrected chi connectivity index (χ4v) is 2.78. The number of hydrogen-bond acceptors (Lipinski definition) is 6. The molecule has 104 valence electrons. The van der Waals surface area contributed by atoms with Crippen LogP contribution in [-0.4, -0.2) is 29.0 Å². The average molecular weight is 363 g/mol. The number of nitrogens with two attached hydrogens (primary N) is 1. The summed E-state index contributed by atoms with van der Waals surface area (Å²) in [6.45, 7) is 3.10. The molecule has 0 saturated carbocycles. The van der Waals surface area contributed by atoms with E-state index in [4.69, 9.17) is 5.73 Å². The number of halogens is 1. The van der Waals surface area contributed by atoms with E-state index in [0.717, 1.165) is 22.1 Å². The number of aryl methyl sites for hydroxylation is 1. The minimum atomic E-state index is -0.155. The quantitative estimate of drug-likeness (QED) is 0.799. The third-order valence-electron chi connectivity index (χ3n) is 2.24. The Kier molecular flexibility index (Phi) is 6.56. The molecule has 0 spiro atoms. The van der Waals surface area contributed by atoms with Crippen molar-refractivity contribution in [3.8, 4) is 10.7 Å². The van der Waals surface area contributed by atoms with Crippen LogP contribution in [0.1, 0.15) is 21.9 Å². The van der Waals surface area contributed by atoms with Crippen molar-refractivity contribution in [3.05, 3.63) is 21.5 Å². The van der Waals surface area contributed by atoms with Gasteiger partial charge < -0.3 is 11.1 Å². The minimum absolute atomic E-state index is 0. The van der Waals surface area contributed by atoms with Crippen LogP contribution in [0.5, 0.6) is 0 Å². The molecule has 19 heavy (non-hydrogen) atoms. The fraction of sp³-hybridized carbons (Fsp3) is 0.364. The first-order valence-electron chi connectivity index (χ1n) is 5.57. The van der Waals surface area contributed by atoms with Crippen LogP contribution >= 0.6 is 39.7 Å². The van der Waals surface area contributed by atoms with E-state index < -0.39 is 0 Å². The van der Waals surface area contributed by atoms with E-state index in [0.29, 0.717) is 18.8 Å². The predicted octanol–water partition coefficient (Wildman–Crippen LogP) is 2.23. The highest BCUT2D eigenvalue weighted by atomic mass is 79.9. The lowest BCUT2D eigenvalue weighted by molar-refractivity contribution is 0.0949. The third-order valence-corrected chi connectivity index (χ3v) is 3.88. The number of hydrogen-bond donors (Lipinski definition) is 2. The van der Waals surface area contributed by atoms with Crippen molar-refractivity contribution in [2.45, 2.75) is 13.3 Å². The number of nitrogens with zero attached hydrogens (tertiary/aromatic N) is 2. The molecule has 8 heteroatoms. The van der Waals surface area contributed by atoms with Gasteiger partial charge in [0.2, 0.25) is 0 Å². The van der Waals surface area contributed by atoms with Gasteiger partial charge in [-0.1, -0.05) is 0 Å². The fourth-order valence-electron chi connectivity index (χ4n) is 1.35. The summed E-state index contributed by atoms with van der Waals surface area (Å²) in [4.78, 5) is 20.4. The Balaban J connectivity index is 0.00000180. The van der Waals surface area contributed by atoms with E-state index >= 15 is 0 Å². The lowest BCUT2D eigenvalue weighted by Gasteiger charge is -2.00. The molecule has 0 unspecified atom stereocenters. The van der Waals surface area contributed by atoms with Crippen LogP contribution in [0, 0.1) is 6.92 Å². The van der Waals surface area contributed by atoms with E-state index in [1.165, 1.54) is 11.3 Å². The standard InChI is InChI=1S/C11H14N4OS2.BrH/c1-7-14-9(6-17-7)11-15-8(5-18-11)10(16)13-4-2-3-12;/h5-6H,2-4,12H2,1H3,(H,13,16);1H. The molecule has 3 N–H and O–H groups in total. The van der Waals surface area contributed by atoms with Gasteiger partial charge in [-0.15, -0.1) is 39.7 Å². The van der Waals surface area contributed by atoms with Crippen molar-refractivity contribution in [1.29, 1.82) is 0 Å². The Bertz CT molecular complexity index is 540. The summed E-state index contributed by atoms with van der Waals surface area (Å²) in [5.74, 6) is -0.155. The van der Waals surface area contributed by atoms with Gasteiger partial charge in [-0.25, -0.2) is 9.97 Å². The molecule has 5 nitrogen and oxygen atoms in total. The summed E-state index contributed by atoms with van der Waals surface area (Å²) in [5, 5.41) is 8.25. The molecule has 2 aromatic heterocycles. The summed E-state index contributed by atoms with van der Waals surface area (Å²) >= 11 is 3.01. The minimum Gasteiger partial charge on any atom is -0.351 e. The van der Waals surface area contributed by atoms with Gasteiger partial charge in [-0.05, 0) is 19.9 Å². The molecule has 0 aliphatic rings. The molecule has 2 rings (SSSR count). The molecular formula is C11H15BrN4OS2. The highest BCUT2D eigenvalue weighted by Gasteiger charge is 2.12. The summed E-state index contributed by atoms with van der Waals surface area (Å²) in [5.41, 5.74) is 6.64. The van der Waals surface area contributed by atoms with E-state index in [2.05, 4.69) is 15.3 Å². The molecule has 2 heterocycles. The Morgan fingerprint density at radius 1 is 1.37 bits per heavy atom. The summed E-state index contributed by atoms with van der Waals surface area (Å²) in [7, 11) is 0. The van der Waals surface area contributed by atoms with Crippen molar-refractivity contribution in [2.24, 2.45) is 5.73 Å². The maximum absolute atomic E-state index is 11.7. The maximum atomic E-state index is 11.7. The Labute approximate surface area is 130 Å². The molecule has 0 fully saturated rings. The van der Waals surface area contributed by atoms with Crippen molar-refractivity contribution in [1.82, 2.24) is 15.3 Å². The molecule has 0 aliphatic carbocycles. The molecule has 0 saturated heterocycles. The zero-order chi connectivity index (χ0) is 13.0. The largest absolute Gasteiger partial charge is 0.351 e.